The van der Waals surface area contributed by atoms with Crippen molar-refractivity contribution in [2.24, 2.45) is 0 Å². The summed E-state index contributed by atoms with van der Waals surface area (Å²) in [6, 6.07) is 3.97. The molecule has 0 fully saturated rings. The number of rotatable bonds is 8. The molecule has 0 aliphatic heterocycles. The smallest absolute Gasteiger partial charge is 0.304 e. The van der Waals surface area contributed by atoms with Gasteiger partial charge in [0.05, 0.1) is 11.3 Å². The summed E-state index contributed by atoms with van der Waals surface area (Å²) in [4.78, 5) is 13.8. The van der Waals surface area contributed by atoms with Crippen LogP contribution in [0.2, 0.25) is 0 Å². The van der Waals surface area contributed by atoms with E-state index < -0.39 is 16.4 Å². The van der Waals surface area contributed by atoms with Gasteiger partial charge in [0.2, 0.25) is 5.82 Å². The second-order valence-corrected chi connectivity index (χ2v) is 4.73. The lowest BCUT2D eigenvalue weighted by Gasteiger charge is -2.06. The van der Waals surface area contributed by atoms with Crippen LogP contribution in [0.1, 0.15) is 18.4 Å². The molecule has 1 heterocycles. The fraction of sp³-hybridized carbons (Fsp3) is 0.357. The van der Waals surface area contributed by atoms with Crippen LogP contribution in [-0.4, -0.2) is 21.0 Å². The van der Waals surface area contributed by atoms with Crippen molar-refractivity contribution in [3.8, 4) is 0 Å². The van der Waals surface area contributed by atoms with E-state index in [0.29, 0.717) is 12.1 Å². The van der Waals surface area contributed by atoms with Gasteiger partial charge in [0, 0.05) is 31.5 Å². The Morgan fingerprint density at radius 3 is 2.90 bits per heavy atom. The van der Waals surface area contributed by atoms with Gasteiger partial charge >= 0.3 is 5.69 Å². The van der Waals surface area contributed by atoms with Gasteiger partial charge in [0.15, 0.2) is 0 Å². The van der Waals surface area contributed by atoms with E-state index in [1.165, 1.54) is 12.1 Å². The molecule has 6 nitrogen and oxygen atoms in total. The normalized spacial score (nSPS) is 10.7. The first-order chi connectivity index (χ1) is 10.2. The summed E-state index contributed by atoms with van der Waals surface area (Å²) in [6.45, 7) is 2.24. The molecule has 0 atom stereocenters. The van der Waals surface area contributed by atoms with Crippen LogP contribution in [0.3, 0.4) is 0 Å². The molecule has 1 aromatic heterocycles. The Morgan fingerprint density at radius 2 is 2.24 bits per heavy atom. The van der Waals surface area contributed by atoms with Gasteiger partial charge in [0.25, 0.3) is 0 Å². The number of aromatic nitrogens is 2. The first kappa shape index (κ1) is 15.1. The number of aryl methyl sites for hydroxylation is 1. The fourth-order valence-electron chi connectivity index (χ4n) is 2.00. The minimum absolute atomic E-state index is 0.487. The molecule has 21 heavy (non-hydrogen) atoms. The van der Waals surface area contributed by atoms with E-state index in [0.717, 1.165) is 25.9 Å². The highest BCUT2D eigenvalue weighted by Gasteiger charge is 2.13. The van der Waals surface area contributed by atoms with Crippen LogP contribution in [0, 0.1) is 15.9 Å². The number of nitrogens with one attached hydrogen (secondary N) is 1. The van der Waals surface area contributed by atoms with Gasteiger partial charge in [-0.15, -0.1) is 0 Å². The van der Waals surface area contributed by atoms with Gasteiger partial charge in [-0.25, -0.2) is 4.98 Å². The summed E-state index contributed by atoms with van der Waals surface area (Å²) >= 11 is 0. The number of halogens is 1. The maximum absolute atomic E-state index is 13.4. The Balaban J connectivity index is 1.66. The highest BCUT2D eigenvalue weighted by Crippen LogP contribution is 2.17. The average Bonchev–Trinajstić information content (AvgIpc) is 2.95. The second kappa shape index (κ2) is 7.49. The number of hydrogen-bond donors (Lipinski definition) is 1. The van der Waals surface area contributed by atoms with Gasteiger partial charge in [0.1, 0.15) is 0 Å². The molecular formula is C14H17FN4O2. The third-order valence-electron chi connectivity index (χ3n) is 3.12. The number of unbranched alkanes of at least 4 members (excludes halogenated alkanes) is 1. The summed E-state index contributed by atoms with van der Waals surface area (Å²) in [5, 5.41) is 13.7. The SMILES string of the molecule is O=[N+]([O-])c1ccc(CNCCCCn2ccnc2)cc1F. The van der Waals surface area contributed by atoms with E-state index in [-0.39, 0.29) is 0 Å². The van der Waals surface area contributed by atoms with Crippen molar-refractivity contribution in [2.75, 3.05) is 6.54 Å². The van der Waals surface area contributed by atoms with Crippen molar-refractivity contribution in [1.82, 2.24) is 14.9 Å². The number of imidazole rings is 1. The minimum Gasteiger partial charge on any atom is -0.337 e. The Kier molecular flexibility index (Phi) is 5.39. The highest BCUT2D eigenvalue weighted by molar-refractivity contribution is 5.34. The lowest BCUT2D eigenvalue weighted by atomic mass is 10.2. The molecule has 0 amide bonds. The maximum atomic E-state index is 13.4. The van der Waals surface area contributed by atoms with E-state index in [4.69, 9.17) is 0 Å². The zero-order valence-corrected chi connectivity index (χ0v) is 11.5. The highest BCUT2D eigenvalue weighted by atomic mass is 19.1. The number of benzene rings is 1. The zero-order chi connectivity index (χ0) is 15.1. The molecule has 0 radical (unpaired) electrons. The van der Waals surface area contributed by atoms with E-state index in [9.17, 15) is 14.5 Å². The van der Waals surface area contributed by atoms with Crippen LogP contribution in [0.4, 0.5) is 10.1 Å². The summed E-state index contributed by atoms with van der Waals surface area (Å²) in [5.41, 5.74) is 0.215. The first-order valence-corrected chi connectivity index (χ1v) is 6.76. The van der Waals surface area contributed by atoms with Gasteiger partial charge in [-0.2, -0.15) is 4.39 Å². The molecule has 7 heteroatoms. The fourth-order valence-corrected chi connectivity index (χ4v) is 2.00. The largest absolute Gasteiger partial charge is 0.337 e. The zero-order valence-electron chi connectivity index (χ0n) is 11.5. The lowest BCUT2D eigenvalue weighted by Crippen LogP contribution is -2.15. The Morgan fingerprint density at radius 1 is 1.38 bits per heavy atom. The van der Waals surface area contributed by atoms with Gasteiger partial charge < -0.3 is 9.88 Å². The summed E-state index contributed by atoms with van der Waals surface area (Å²) in [6.07, 6.45) is 7.48. The summed E-state index contributed by atoms with van der Waals surface area (Å²) in [5.74, 6) is -0.792. The molecule has 0 spiro atoms. The molecule has 2 rings (SSSR count). The number of hydrogen-bond acceptors (Lipinski definition) is 4. The molecule has 0 unspecified atom stereocenters. The molecular weight excluding hydrogens is 275 g/mol. The van der Waals surface area contributed by atoms with Crippen LogP contribution < -0.4 is 5.32 Å². The van der Waals surface area contributed by atoms with Gasteiger partial charge in [-0.1, -0.05) is 6.07 Å². The molecule has 0 saturated carbocycles. The van der Waals surface area contributed by atoms with E-state index in [2.05, 4.69) is 10.3 Å². The topological polar surface area (TPSA) is 73.0 Å². The lowest BCUT2D eigenvalue weighted by molar-refractivity contribution is -0.387. The molecule has 2 aromatic rings. The molecule has 0 bridgehead atoms. The van der Waals surface area contributed by atoms with Crippen molar-refractivity contribution < 1.29 is 9.31 Å². The standard InChI is InChI=1S/C14H17FN4O2/c15-13-9-12(3-4-14(13)19(20)21)10-16-5-1-2-7-18-8-6-17-11-18/h3-4,6,8-9,11,16H,1-2,5,7,10H2. The minimum atomic E-state index is -0.792. The van der Waals surface area contributed by atoms with Crippen molar-refractivity contribution in [3.63, 3.8) is 0 Å². The Hall–Kier alpha value is -2.28. The van der Waals surface area contributed by atoms with Gasteiger partial charge in [-0.3, -0.25) is 10.1 Å². The molecule has 1 aromatic carbocycles. The quantitative estimate of drug-likeness (QED) is 0.461. The number of nitrogens with zero attached hydrogens (tertiary/aromatic N) is 3. The van der Waals surface area contributed by atoms with Crippen molar-refractivity contribution in [1.29, 1.82) is 0 Å². The summed E-state index contributed by atoms with van der Waals surface area (Å²) < 4.78 is 15.4. The van der Waals surface area contributed by atoms with Crippen LogP contribution in [0.25, 0.3) is 0 Å². The first-order valence-electron chi connectivity index (χ1n) is 6.76. The van der Waals surface area contributed by atoms with Crippen LogP contribution >= 0.6 is 0 Å². The molecule has 112 valence electrons. The third-order valence-corrected chi connectivity index (χ3v) is 3.12. The van der Waals surface area contributed by atoms with Crippen LogP contribution in [-0.2, 0) is 13.1 Å². The maximum Gasteiger partial charge on any atom is 0.304 e. The van der Waals surface area contributed by atoms with E-state index in [1.807, 2.05) is 10.8 Å². The van der Waals surface area contributed by atoms with Crippen molar-refractivity contribution >= 4 is 5.69 Å². The third kappa shape index (κ3) is 4.64. The predicted molar refractivity (Wildman–Crippen MR) is 76.2 cm³/mol. The van der Waals surface area contributed by atoms with Crippen molar-refractivity contribution in [3.05, 3.63) is 58.4 Å². The summed E-state index contributed by atoms with van der Waals surface area (Å²) in [7, 11) is 0. The van der Waals surface area contributed by atoms with Gasteiger partial charge in [-0.05, 0) is 31.0 Å². The molecule has 0 aliphatic rings. The Bertz CT molecular complexity index is 587. The number of nitro groups is 1. The molecule has 0 aliphatic carbocycles. The monoisotopic (exact) mass is 292 g/mol. The predicted octanol–water partition coefficient (Wildman–Crippen LogP) is 2.50. The number of nitro benzene ring substituents is 1. The average molecular weight is 292 g/mol. The second-order valence-electron chi connectivity index (χ2n) is 4.73. The van der Waals surface area contributed by atoms with Crippen molar-refractivity contribution in [2.45, 2.75) is 25.9 Å². The van der Waals surface area contributed by atoms with Crippen LogP contribution in [0.15, 0.2) is 36.9 Å². The Labute approximate surface area is 121 Å². The van der Waals surface area contributed by atoms with E-state index in [1.54, 1.807) is 18.6 Å². The molecule has 0 saturated heterocycles. The van der Waals surface area contributed by atoms with Crippen LogP contribution in [0.5, 0.6) is 0 Å². The van der Waals surface area contributed by atoms with E-state index >= 15 is 0 Å². The molecule has 1 N–H and O–H groups in total.